The summed E-state index contributed by atoms with van der Waals surface area (Å²) < 4.78 is 20.6. The van der Waals surface area contributed by atoms with E-state index in [9.17, 15) is 4.39 Å². The maximum atomic E-state index is 13.4. The van der Waals surface area contributed by atoms with Crippen LogP contribution in [-0.4, -0.2) is 0 Å². The lowest BCUT2D eigenvalue weighted by Crippen LogP contribution is -2.08. The molecule has 0 amide bonds. The molecule has 0 heterocycles. The maximum absolute atomic E-state index is 13.4. The van der Waals surface area contributed by atoms with E-state index in [1.54, 1.807) is 6.07 Å². The molecule has 1 atom stereocenters. The lowest BCUT2D eigenvalue weighted by Gasteiger charge is -2.15. The van der Waals surface area contributed by atoms with Gasteiger partial charge in [0.15, 0.2) is 0 Å². The zero-order chi connectivity index (χ0) is 14.7. The molecule has 2 rings (SSSR count). The van der Waals surface area contributed by atoms with Crippen molar-refractivity contribution in [3.63, 3.8) is 0 Å². The third-order valence-electron chi connectivity index (χ3n) is 2.88. The molecule has 0 fully saturated rings. The van der Waals surface area contributed by atoms with Gasteiger partial charge in [0.1, 0.15) is 18.2 Å². The topological polar surface area (TPSA) is 35.2 Å². The fourth-order valence-corrected chi connectivity index (χ4v) is 2.58. The van der Waals surface area contributed by atoms with Crippen LogP contribution in [0.25, 0.3) is 0 Å². The molecule has 20 heavy (non-hydrogen) atoms. The third-order valence-corrected chi connectivity index (χ3v) is 4.26. The zero-order valence-corrected chi connectivity index (χ0v) is 14.0. The van der Waals surface area contributed by atoms with E-state index in [0.29, 0.717) is 10.2 Å². The van der Waals surface area contributed by atoms with Gasteiger partial charge in [0.25, 0.3) is 0 Å². The van der Waals surface area contributed by atoms with Crippen molar-refractivity contribution >= 4 is 31.9 Å². The number of nitrogens with two attached hydrogens (primary N) is 1. The van der Waals surface area contributed by atoms with Crippen molar-refractivity contribution in [3.8, 4) is 5.75 Å². The predicted octanol–water partition coefficient (Wildman–Crippen LogP) is 4.95. The van der Waals surface area contributed by atoms with Crippen LogP contribution in [0.2, 0.25) is 0 Å². The van der Waals surface area contributed by atoms with Gasteiger partial charge in [-0.25, -0.2) is 4.39 Å². The predicted molar refractivity (Wildman–Crippen MR) is 85.2 cm³/mol. The molecular formula is C15H14Br2FNO. The third kappa shape index (κ3) is 3.59. The van der Waals surface area contributed by atoms with Crippen LogP contribution in [0, 0.1) is 5.82 Å². The van der Waals surface area contributed by atoms with Crippen LogP contribution in [0.4, 0.5) is 4.39 Å². The summed E-state index contributed by atoms with van der Waals surface area (Å²) in [6.45, 7) is 2.17. The Labute approximate surface area is 134 Å². The molecule has 0 aliphatic carbocycles. The molecule has 0 saturated heterocycles. The molecule has 0 aromatic heterocycles. The molecule has 0 bridgehead atoms. The first-order valence-corrected chi connectivity index (χ1v) is 7.68. The fraction of sp³-hybridized carbons (Fsp3) is 0.200. The van der Waals surface area contributed by atoms with Crippen LogP contribution in [-0.2, 0) is 6.61 Å². The van der Waals surface area contributed by atoms with Gasteiger partial charge in [0, 0.05) is 21.6 Å². The lowest BCUT2D eigenvalue weighted by molar-refractivity contribution is 0.300. The van der Waals surface area contributed by atoms with Gasteiger partial charge >= 0.3 is 0 Å². The van der Waals surface area contributed by atoms with Gasteiger partial charge in [-0.1, -0.05) is 28.1 Å². The molecule has 0 aliphatic heterocycles. The van der Waals surface area contributed by atoms with E-state index in [2.05, 4.69) is 31.9 Å². The van der Waals surface area contributed by atoms with E-state index in [-0.39, 0.29) is 18.5 Å². The Morgan fingerprint density at radius 3 is 2.70 bits per heavy atom. The summed E-state index contributed by atoms with van der Waals surface area (Å²) in [5, 5.41) is 0. The Kier molecular flexibility index (Phi) is 5.18. The summed E-state index contributed by atoms with van der Waals surface area (Å²) in [6.07, 6.45) is 0. The van der Waals surface area contributed by atoms with Crippen LogP contribution < -0.4 is 10.5 Å². The molecule has 1 unspecified atom stereocenters. The normalized spacial score (nSPS) is 12.2. The van der Waals surface area contributed by atoms with Gasteiger partial charge in [-0.05, 0) is 47.1 Å². The number of hydrogen-bond donors (Lipinski definition) is 1. The molecule has 5 heteroatoms. The van der Waals surface area contributed by atoms with E-state index in [1.165, 1.54) is 6.07 Å². The number of rotatable bonds is 4. The smallest absolute Gasteiger partial charge is 0.137 e. The highest BCUT2D eigenvalue weighted by molar-refractivity contribution is 9.10. The van der Waals surface area contributed by atoms with Crippen LogP contribution in [0.5, 0.6) is 5.75 Å². The highest BCUT2D eigenvalue weighted by Crippen LogP contribution is 2.29. The van der Waals surface area contributed by atoms with E-state index < -0.39 is 0 Å². The summed E-state index contributed by atoms with van der Waals surface area (Å²) in [5.74, 6) is 0.411. The van der Waals surface area contributed by atoms with Gasteiger partial charge in [-0.3, -0.25) is 0 Å². The van der Waals surface area contributed by atoms with Crippen molar-refractivity contribution in [1.82, 2.24) is 0 Å². The monoisotopic (exact) mass is 401 g/mol. The molecule has 106 valence electrons. The van der Waals surface area contributed by atoms with Crippen molar-refractivity contribution in [2.45, 2.75) is 19.6 Å². The molecule has 2 nitrogen and oxygen atoms in total. The van der Waals surface area contributed by atoms with E-state index in [0.717, 1.165) is 15.6 Å². The summed E-state index contributed by atoms with van der Waals surface area (Å²) in [7, 11) is 0. The average molecular weight is 403 g/mol. The van der Waals surface area contributed by atoms with Crippen molar-refractivity contribution in [2.24, 2.45) is 5.73 Å². The van der Waals surface area contributed by atoms with Crippen molar-refractivity contribution in [2.75, 3.05) is 0 Å². The van der Waals surface area contributed by atoms with Gasteiger partial charge in [0.05, 0.1) is 4.47 Å². The molecule has 2 aromatic carbocycles. The highest BCUT2D eigenvalue weighted by atomic mass is 79.9. The second-order valence-electron chi connectivity index (χ2n) is 4.47. The number of halogens is 3. The number of hydrogen-bond acceptors (Lipinski definition) is 2. The molecule has 0 radical (unpaired) electrons. The lowest BCUT2D eigenvalue weighted by atomic mass is 10.1. The van der Waals surface area contributed by atoms with Gasteiger partial charge in [-0.15, -0.1) is 0 Å². The molecule has 0 aliphatic rings. The van der Waals surface area contributed by atoms with E-state index >= 15 is 0 Å². The zero-order valence-electron chi connectivity index (χ0n) is 10.9. The minimum atomic E-state index is -0.297. The molecular weight excluding hydrogens is 389 g/mol. The van der Waals surface area contributed by atoms with Crippen molar-refractivity contribution in [1.29, 1.82) is 0 Å². The van der Waals surface area contributed by atoms with Crippen LogP contribution >= 0.6 is 31.9 Å². The van der Waals surface area contributed by atoms with Gasteiger partial charge in [-0.2, -0.15) is 0 Å². The van der Waals surface area contributed by atoms with E-state index in [4.69, 9.17) is 10.5 Å². The van der Waals surface area contributed by atoms with Gasteiger partial charge in [0.2, 0.25) is 0 Å². The van der Waals surface area contributed by atoms with E-state index in [1.807, 2.05) is 31.2 Å². The summed E-state index contributed by atoms with van der Waals surface area (Å²) in [5.41, 5.74) is 7.60. The molecule has 0 spiro atoms. The maximum Gasteiger partial charge on any atom is 0.137 e. The standard InChI is InChI=1S/C15H14Br2FNO/c1-9(19)12-7-11(16)5-6-14(12)20-8-10-3-2-4-13(18)15(10)17/h2-7,9H,8,19H2,1H3. The van der Waals surface area contributed by atoms with Crippen LogP contribution in [0.3, 0.4) is 0 Å². The van der Waals surface area contributed by atoms with Crippen molar-refractivity contribution < 1.29 is 9.13 Å². The Morgan fingerprint density at radius 1 is 1.25 bits per heavy atom. The quantitative estimate of drug-likeness (QED) is 0.785. The SMILES string of the molecule is CC(N)c1cc(Br)ccc1OCc1cccc(F)c1Br. The first kappa shape index (κ1) is 15.5. The minimum absolute atomic E-state index is 0.140. The molecule has 0 saturated carbocycles. The molecule has 2 aromatic rings. The fourth-order valence-electron chi connectivity index (χ4n) is 1.82. The number of ether oxygens (including phenoxy) is 1. The summed E-state index contributed by atoms with van der Waals surface area (Å²) >= 11 is 6.64. The van der Waals surface area contributed by atoms with Crippen molar-refractivity contribution in [3.05, 3.63) is 62.3 Å². The Balaban J connectivity index is 2.21. The minimum Gasteiger partial charge on any atom is -0.489 e. The van der Waals surface area contributed by atoms with Gasteiger partial charge < -0.3 is 10.5 Å². The Bertz CT molecular complexity index is 617. The first-order chi connectivity index (χ1) is 9.49. The summed E-state index contributed by atoms with van der Waals surface area (Å²) in [4.78, 5) is 0. The Morgan fingerprint density at radius 2 is 2.00 bits per heavy atom. The largest absolute Gasteiger partial charge is 0.489 e. The van der Waals surface area contributed by atoms with Crippen LogP contribution in [0.15, 0.2) is 45.3 Å². The first-order valence-electron chi connectivity index (χ1n) is 6.09. The Hall–Kier alpha value is -0.910. The number of benzene rings is 2. The second kappa shape index (κ2) is 6.70. The highest BCUT2D eigenvalue weighted by Gasteiger charge is 2.11. The van der Waals surface area contributed by atoms with Crippen LogP contribution in [0.1, 0.15) is 24.1 Å². The average Bonchev–Trinajstić information content (AvgIpc) is 2.41. The molecule has 2 N–H and O–H groups in total. The second-order valence-corrected chi connectivity index (χ2v) is 6.18. The summed E-state index contributed by atoms with van der Waals surface area (Å²) in [6, 6.07) is 10.4.